The van der Waals surface area contributed by atoms with Crippen molar-refractivity contribution in [2.24, 2.45) is 5.92 Å². The fraction of sp³-hybridized carbons (Fsp3) is 0.235. The van der Waals surface area contributed by atoms with Gasteiger partial charge in [-0.05, 0) is 64.8 Å². The van der Waals surface area contributed by atoms with E-state index < -0.39 is 0 Å². The third kappa shape index (κ3) is 3.90. The predicted molar refractivity (Wildman–Crippen MR) is 87.6 cm³/mol. The maximum Gasteiger partial charge on any atom is 0.193 e. The van der Waals surface area contributed by atoms with Gasteiger partial charge in [0.05, 0.1) is 0 Å². The molecule has 0 saturated heterocycles. The van der Waals surface area contributed by atoms with Crippen molar-refractivity contribution in [1.29, 1.82) is 0 Å². The van der Waals surface area contributed by atoms with Crippen LogP contribution in [0.2, 0.25) is 0 Å². The smallest absolute Gasteiger partial charge is 0.193 e. The molecule has 0 saturated carbocycles. The van der Waals surface area contributed by atoms with Crippen LogP contribution in [0.4, 0.5) is 0 Å². The number of hydrogen-bond acceptors (Lipinski definition) is 1. The summed E-state index contributed by atoms with van der Waals surface area (Å²) in [7, 11) is 0. The number of carbonyl (C=O) groups is 1. The van der Waals surface area contributed by atoms with Crippen LogP contribution in [-0.4, -0.2) is 5.78 Å². The SMILES string of the molecule is CC(C)Cc1ccc(C(=O)c2ccc(I)cc2)cc1. The molecule has 2 aromatic carbocycles. The molecular weight excluding hydrogens is 347 g/mol. The van der Waals surface area contributed by atoms with Crippen LogP contribution in [0.15, 0.2) is 48.5 Å². The van der Waals surface area contributed by atoms with E-state index in [1.54, 1.807) is 0 Å². The zero-order valence-electron chi connectivity index (χ0n) is 11.2. The molecule has 2 heteroatoms. The van der Waals surface area contributed by atoms with E-state index in [0.717, 1.165) is 21.1 Å². The molecule has 0 fully saturated rings. The van der Waals surface area contributed by atoms with E-state index in [1.807, 2.05) is 36.4 Å². The van der Waals surface area contributed by atoms with Crippen LogP contribution in [0.3, 0.4) is 0 Å². The van der Waals surface area contributed by atoms with E-state index in [1.165, 1.54) is 5.56 Å². The molecular formula is C17H17IO. The fourth-order valence-corrected chi connectivity index (χ4v) is 2.39. The highest BCUT2D eigenvalue weighted by Crippen LogP contribution is 2.14. The maximum atomic E-state index is 12.3. The van der Waals surface area contributed by atoms with Crippen molar-refractivity contribution in [2.45, 2.75) is 20.3 Å². The second-order valence-electron chi connectivity index (χ2n) is 5.13. The first-order chi connectivity index (χ1) is 9.06. The van der Waals surface area contributed by atoms with Crippen molar-refractivity contribution in [3.05, 3.63) is 68.8 Å². The first-order valence-electron chi connectivity index (χ1n) is 6.45. The minimum Gasteiger partial charge on any atom is -0.289 e. The zero-order valence-corrected chi connectivity index (χ0v) is 13.3. The Morgan fingerprint density at radius 3 is 1.89 bits per heavy atom. The summed E-state index contributed by atoms with van der Waals surface area (Å²) < 4.78 is 1.14. The maximum absolute atomic E-state index is 12.3. The molecule has 0 unspecified atom stereocenters. The van der Waals surface area contributed by atoms with Gasteiger partial charge in [0, 0.05) is 14.7 Å². The highest BCUT2D eigenvalue weighted by molar-refractivity contribution is 14.1. The van der Waals surface area contributed by atoms with Gasteiger partial charge in [-0.2, -0.15) is 0 Å². The van der Waals surface area contributed by atoms with Gasteiger partial charge in [0.2, 0.25) is 0 Å². The van der Waals surface area contributed by atoms with Gasteiger partial charge in [-0.3, -0.25) is 4.79 Å². The standard InChI is InChI=1S/C17H17IO/c1-12(2)11-13-3-5-14(6-4-13)17(19)15-7-9-16(18)10-8-15/h3-10,12H,11H2,1-2H3. The van der Waals surface area contributed by atoms with Crippen molar-refractivity contribution in [1.82, 2.24) is 0 Å². The number of benzene rings is 2. The van der Waals surface area contributed by atoms with E-state index >= 15 is 0 Å². The molecule has 0 amide bonds. The Balaban J connectivity index is 2.17. The fourth-order valence-electron chi connectivity index (χ4n) is 2.03. The van der Waals surface area contributed by atoms with Gasteiger partial charge in [0.15, 0.2) is 5.78 Å². The lowest BCUT2D eigenvalue weighted by molar-refractivity contribution is 0.103. The van der Waals surface area contributed by atoms with Crippen molar-refractivity contribution in [3.8, 4) is 0 Å². The van der Waals surface area contributed by atoms with Gasteiger partial charge >= 0.3 is 0 Å². The van der Waals surface area contributed by atoms with E-state index in [-0.39, 0.29) is 5.78 Å². The van der Waals surface area contributed by atoms with E-state index in [9.17, 15) is 4.79 Å². The lowest BCUT2D eigenvalue weighted by Crippen LogP contribution is -2.02. The van der Waals surface area contributed by atoms with E-state index in [2.05, 4.69) is 48.6 Å². The average Bonchev–Trinajstić information content (AvgIpc) is 2.39. The summed E-state index contributed by atoms with van der Waals surface area (Å²) in [6.45, 7) is 4.40. The second-order valence-corrected chi connectivity index (χ2v) is 6.38. The monoisotopic (exact) mass is 364 g/mol. The third-order valence-corrected chi connectivity index (χ3v) is 3.69. The summed E-state index contributed by atoms with van der Waals surface area (Å²) in [4.78, 5) is 12.3. The molecule has 0 heterocycles. The largest absolute Gasteiger partial charge is 0.289 e. The lowest BCUT2D eigenvalue weighted by Gasteiger charge is -2.06. The van der Waals surface area contributed by atoms with Gasteiger partial charge in [-0.1, -0.05) is 38.1 Å². The van der Waals surface area contributed by atoms with Gasteiger partial charge < -0.3 is 0 Å². The van der Waals surface area contributed by atoms with Gasteiger partial charge in [0.1, 0.15) is 0 Å². The normalized spacial score (nSPS) is 10.7. The topological polar surface area (TPSA) is 17.1 Å². The summed E-state index contributed by atoms with van der Waals surface area (Å²) in [5.41, 5.74) is 2.79. The summed E-state index contributed by atoms with van der Waals surface area (Å²) in [6.07, 6.45) is 1.05. The summed E-state index contributed by atoms with van der Waals surface area (Å²) in [6, 6.07) is 15.6. The Labute approximate surface area is 128 Å². The molecule has 2 rings (SSSR count). The second kappa shape index (κ2) is 6.33. The Morgan fingerprint density at radius 1 is 0.947 bits per heavy atom. The van der Waals surface area contributed by atoms with Crippen LogP contribution < -0.4 is 0 Å². The zero-order chi connectivity index (χ0) is 13.8. The minimum absolute atomic E-state index is 0.0903. The molecule has 1 nitrogen and oxygen atoms in total. The molecule has 19 heavy (non-hydrogen) atoms. The minimum atomic E-state index is 0.0903. The molecule has 0 atom stereocenters. The Morgan fingerprint density at radius 2 is 1.42 bits per heavy atom. The molecule has 0 aliphatic heterocycles. The van der Waals surface area contributed by atoms with Crippen molar-refractivity contribution in [3.63, 3.8) is 0 Å². The van der Waals surface area contributed by atoms with Crippen molar-refractivity contribution >= 4 is 28.4 Å². The lowest BCUT2D eigenvalue weighted by atomic mass is 9.98. The predicted octanol–water partition coefficient (Wildman–Crippen LogP) is 4.72. The highest BCUT2D eigenvalue weighted by atomic mass is 127. The van der Waals surface area contributed by atoms with Gasteiger partial charge in [-0.25, -0.2) is 0 Å². The van der Waals surface area contributed by atoms with Gasteiger partial charge in [-0.15, -0.1) is 0 Å². The molecule has 0 bridgehead atoms. The Bertz CT molecular complexity index is 553. The number of hydrogen-bond donors (Lipinski definition) is 0. The van der Waals surface area contributed by atoms with E-state index in [0.29, 0.717) is 5.92 Å². The number of rotatable bonds is 4. The number of carbonyl (C=O) groups excluding carboxylic acids is 1. The highest BCUT2D eigenvalue weighted by Gasteiger charge is 2.08. The average molecular weight is 364 g/mol. The van der Waals surface area contributed by atoms with Crippen LogP contribution >= 0.6 is 22.6 Å². The van der Waals surface area contributed by atoms with Crippen LogP contribution in [0.25, 0.3) is 0 Å². The van der Waals surface area contributed by atoms with E-state index in [4.69, 9.17) is 0 Å². The van der Waals surface area contributed by atoms with Crippen molar-refractivity contribution < 1.29 is 4.79 Å². The molecule has 0 aliphatic carbocycles. The summed E-state index contributed by atoms with van der Waals surface area (Å²) in [5.74, 6) is 0.727. The van der Waals surface area contributed by atoms with Crippen LogP contribution in [-0.2, 0) is 6.42 Å². The molecule has 0 N–H and O–H groups in total. The van der Waals surface area contributed by atoms with Crippen LogP contribution in [0.5, 0.6) is 0 Å². The molecule has 0 radical (unpaired) electrons. The number of halogens is 1. The molecule has 0 aromatic heterocycles. The first-order valence-corrected chi connectivity index (χ1v) is 7.53. The third-order valence-electron chi connectivity index (χ3n) is 2.97. The molecule has 0 spiro atoms. The van der Waals surface area contributed by atoms with Crippen LogP contribution in [0, 0.1) is 9.49 Å². The first kappa shape index (κ1) is 14.3. The van der Waals surface area contributed by atoms with Crippen LogP contribution in [0.1, 0.15) is 35.3 Å². The summed E-state index contributed by atoms with van der Waals surface area (Å²) >= 11 is 2.24. The molecule has 2 aromatic rings. The number of ketones is 1. The molecule has 0 aliphatic rings. The summed E-state index contributed by atoms with van der Waals surface area (Å²) in [5, 5.41) is 0. The quantitative estimate of drug-likeness (QED) is 0.567. The van der Waals surface area contributed by atoms with Gasteiger partial charge in [0.25, 0.3) is 0 Å². The molecule has 98 valence electrons. The van der Waals surface area contributed by atoms with Crippen molar-refractivity contribution in [2.75, 3.05) is 0 Å². The Hall–Kier alpha value is -1.16. The Kier molecular flexibility index (Phi) is 4.75.